The lowest BCUT2D eigenvalue weighted by atomic mass is 10.3. The summed E-state index contributed by atoms with van der Waals surface area (Å²) in [6.07, 6.45) is 3.86. The highest BCUT2D eigenvalue weighted by atomic mass is 32.2. The van der Waals surface area contributed by atoms with Crippen molar-refractivity contribution < 1.29 is 4.79 Å². The van der Waals surface area contributed by atoms with Gasteiger partial charge in [0.15, 0.2) is 5.13 Å². The number of thioether (sulfide) groups is 1. The monoisotopic (exact) mass is 279 g/mol. The van der Waals surface area contributed by atoms with Gasteiger partial charge in [0.2, 0.25) is 5.91 Å². The average molecular weight is 279 g/mol. The van der Waals surface area contributed by atoms with E-state index >= 15 is 0 Å². The highest BCUT2D eigenvalue weighted by molar-refractivity contribution is 7.98. The second-order valence-corrected chi connectivity index (χ2v) is 5.58. The second kappa shape index (κ2) is 5.49. The third-order valence-electron chi connectivity index (χ3n) is 2.28. The van der Waals surface area contributed by atoms with Crippen LogP contribution < -0.4 is 5.32 Å². The van der Waals surface area contributed by atoms with Gasteiger partial charge in [-0.25, -0.2) is 4.98 Å². The van der Waals surface area contributed by atoms with Crippen molar-refractivity contribution in [2.75, 3.05) is 11.6 Å². The highest BCUT2D eigenvalue weighted by Crippen LogP contribution is 2.31. The molecule has 0 aliphatic carbocycles. The Morgan fingerprint density at radius 2 is 2.22 bits per heavy atom. The summed E-state index contributed by atoms with van der Waals surface area (Å²) in [6.45, 7) is 3.39. The molecule has 6 heteroatoms. The van der Waals surface area contributed by atoms with Crippen LogP contribution in [0.1, 0.15) is 12.6 Å². The van der Waals surface area contributed by atoms with Gasteiger partial charge in [0.1, 0.15) is 0 Å². The molecular formula is C12H13N3OS2. The highest BCUT2D eigenvalue weighted by Gasteiger charge is 2.11. The fourth-order valence-corrected chi connectivity index (χ4v) is 2.83. The molecule has 0 saturated carbocycles. The number of thiazole rings is 1. The first-order chi connectivity index (χ1) is 8.60. The number of aryl methyl sites for hydroxylation is 1. The number of pyridine rings is 1. The van der Waals surface area contributed by atoms with Gasteiger partial charge in [0.05, 0.1) is 16.3 Å². The fraction of sp³-hybridized carbons (Fsp3) is 0.250. The molecule has 0 atom stereocenters. The van der Waals surface area contributed by atoms with Gasteiger partial charge in [-0.3, -0.25) is 9.78 Å². The van der Waals surface area contributed by atoms with E-state index in [1.807, 2.05) is 31.5 Å². The van der Waals surface area contributed by atoms with Crippen molar-refractivity contribution in [2.45, 2.75) is 18.7 Å². The SMILES string of the molecule is CSc1ccc(-c2sc(NC(C)=O)nc2C)nc1. The molecule has 0 aliphatic heterocycles. The number of anilines is 1. The average Bonchev–Trinajstić information content (AvgIpc) is 2.69. The van der Waals surface area contributed by atoms with Crippen LogP contribution in [0.3, 0.4) is 0 Å². The molecule has 2 heterocycles. The lowest BCUT2D eigenvalue weighted by molar-refractivity contribution is -0.114. The van der Waals surface area contributed by atoms with Gasteiger partial charge in [0.25, 0.3) is 0 Å². The smallest absolute Gasteiger partial charge is 0.223 e. The molecule has 0 fully saturated rings. The predicted octanol–water partition coefficient (Wildman–Crippen LogP) is 3.19. The van der Waals surface area contributed by atoms with E-state index in [1.165, 1.54) is 18.3 Å². The number of aromatic nitrogens is 2. The van der Waals surface area contributed by atoms with E-state index in [0.717, 1.165) is 21.2 Å². The molecule has 2 aromatic rings. The van der Waals surface area contributed by atoms with Crippen molar-refractivity contribution in [3.8, 4) is 10.6 Å². The maximum atomic E-state index is 11.0. The van der Waals surface area contributed by atoms with Crippen LogP contribution in [-0.4, -0.2) is 22.1 Å². The quantitative estimate of drug-likeness (QED) is 0.877. The minimum atomic E-state index is -0.110. The lowest BCUT2D eigenvalue weighted by Crippen LogP contribution is -2.04. The summed E-state index contributed by atoms with van der Waals surface area (Å²) in [4.78, 5) is 21.8. The van der Waals surface area contributed by atoms with Crippen molar-refractivity contribution in [1.82, 2.24) is 9.97 Å². The Balaban J connectivity index is 2.31. The number of carbonyl (C=O) groups is 1. The molecule has 0 aliphatic rings. The van der Waals surface area contributed by atoms with E-state index in [2.05, 4.69) is 15.3 Å². The minimum Gasteiger partial charge on any atom is -0.302 e. The summed E-state index contributed by atoms with van der Waals surface area (Å²) in [7, 11) is 0. The molecule has 1 N–H and O–H groups in total. The zero-order valence-electron chi connectivity index (χ0n) is 10.4. The number of hydrogen-bond acceptors (Lipinski definition) is 5. The molecule has 0 saturated heterocycles. The van der Waals surface area contributed by atoms with Crippen molar-refractivity contribution in [1.29, 1.82) is 0 Å². The zero-order valence-corrected chi connectivity index (χ0v) is 12.0. The van der Waals surface area contributed by atoms with Gasteiger partial charge >= 0.3 is 0 Å². The van der Waals surface area contributed by atoms with Crippen LogP contribution in [0, 0.1) is 6.92 Å². The first-order valence-electron chi connectivity index (χ1n) is 5.35. The predicted molar refractivity (Wildman–Crippen MR) is 76.2 cm³/mol. The molecule has 4 nitrogen and oxygen atoms in total. The third kappa shape index (κ3) is 2.88. The van der Waals surface area contributed by atoms with Crippen molar-refractivity contribution >= 4 is 34.1 Å². The Hall–Kier alpha value is -1.40. The van der Waals surface area contributed by atoms with Crippen LogP contribution >= 0.6 is 23.1 Å². The maximum Gasteiger partial charge on any atom is 0.223 e. The van der Waals surface area contributed by atoms with Crippen molar-refractivity contribution in [3.05, 3.63) is 24.0 Å². The number of carbonyl (C=O) groups excluding carboxylic acids is 1. The van der Waals surface area contributed by atoms with Crippen molar-refractivity contribution in [3.63, 3.8) is 0 Å². The van der Waals surface area contributed by atoms with Crippen LogP contribution in [-0.2, 0) is 4.79 Å². The molecule has 0 unspecified atom stereocenters. The first-order valence-corrected chi connectivity index (χ1v) is 7.39. The van der Waals surface area contributed by atoms with Crippen LogP contribution in [0.5, 0.6) is 0 Å². The number of hydrogen-bond donors (Lipinski definition) is 1. The molecule has 0 aromatic carbocycles. The number of rotatable bonds is 3. The van der Waals surface area contributed by atoms with Gasteiger partial charge in [0, 0.05) is 18.0 Å². The third-order valence-corrected chi connectivity index (χ3v) is 4.09. The Bertz CT molecular complexity index is 563. The van der Waals surface area contributed by atoms with E-state index in [-0.39, 0.29) is 5.91 Å². The van der Waals surface area contributed by atoms with Crippen LogP contribution in [0.2, 0.25) is 0 Å². The number of amides is 1. The topological polar surface area (TPSA) is 54.9 Å². The van der Waals surface area contributed by atoms with Gasteiger partial charge < -0.3 is 5.32 Å². The van der Waals surface area contributed by atoms with Gasteiger partial charge in [-0.15, -0.1) is 11.8 Å². The van der Waals surface area contributed by atoms with Crippen LogP contribution in [0.15, 0.2) is 23.2 Å². The Morgan fingerprint density at radius 1 is 1.44 bits per heavy atom. The van der Waals surface area contributed by atoms with Gasteiger partial charge in [-0.1, -0.05) is 11.3 Å². The van der Waals surface area contributed by atoms with E-state index < -0.39 is 0 Å². The Morgan fingerprint density at radius 3 is 2.78 bits per heavy atom. The van der Waals surface area contributed by atoms with E-state index in [0.29, 0.717) is 5.13 Å². The Kier molecular flexibility index (Phi) is 3.98. The maximum absolute atomic E-state index is 11.0. The number of nitrogens with zero attached hydrogens (tertiary/aromatic N) is 2. The fourth-order valence-electron chi connectivity index (χ4n) is 1.47. The summed E-state index contributed by atoms with van der Waals surface area (Å²) in [5.41, 5.74) is 1.77. The van der Waals surface area contributed by atoms with Gasteiger partial charge in [-0.05, 0) is 25.3 Å². The van der Waals surface area contributed by atoms with Crippen LogP contribution in [0.4, 0.5) is 5.13 Å². The standard InChI is InChI=1S/C12H13N3OS2/c1-7-11(18-12(14-7)15-8(2)16)10-5-4-9(17-3)6-13-10/h4-6H,1-3H3,(H,14,15,16). The first kappa shape index (κ1) is 13.0. The molecule has 0 bridgehead atoms. The molecule has 94 valence electrons. The lowest BCUT2D eigenvalue weighted by Gasteiger charge is -1.99. The molecule has 0 spiro atoms. The summed E-state index contributed by atoms with van der Waals surface area (Å²) in [6, 6.07) is 4.01. The minimum absolute atomic E-state index is 0.110. The largest absolute Gasteiger partial charge is 0.302 e. The van der Waals surface area contributed by atoms with Gasteiger partial charge in [-0.2, -0.15) is 0 Å². The Labute approximate surface area is 114 Å². The molecular weight excluding hydrogens is 266 g/mol. The summed E-state index contributed by atoms with van der Waals surface area (Å²) in [5.74, 6) is -0.110. The molecule has 18 heavy (non-hydrogen) atoms. The molecule has 2 rings (SSSR count). The second-order valence-electron chi connectivity index (χ2n) is 3.70. The van der Waals surface area contributed by atoms with E-state index in [9.17, 15) is 4.79 Å². The zero-order chi connectivity index (χ0) is 13.1. The molecule has 0 radical (unpaired) electrons. The molecule has 1 amide bonds. The molecule has 2 aromatic heterocycles. The summed E-state index contributed by atoms with van der Waals surface area (Å²) >= 11 is 3.10. The normalized spacial score (nSPS) is 10.4. The number of nitrogens with one attached hydrogen (secondary N) is 1. The van der Waals surface area contributed by atoms with Crippen LogP contribution in [0.25, 0.3) is 10.6 Å². The summed E-state index contributed by atoms with van der Waals surface area (Å²) < 4.78 is 0. The van der Waals surface area contributed by atoms with E-state index in [1.54, 1.807) is 11.8 Å². The van der Waals surface area contributed by atoms with Crippen molar-refractivity contribution in [2.24, 2.45) is 0 Å². The summed E-state index contributed by atoms with van der Waals surface area (Å²) in [5, 5.41) is 3.31. The van der Waals surface area contributed by atoms with E-state index in [4.69, 9.17) is 0 Å².